The largest absolute Gasteiger partial charge is 0.515 e. The number of aliphatic hydroxyl groups is 8. The molecule has 18 nitrogen and oxygen atoms in total. The standard InChI is InChI=1S/C26H52N6O12/c1-30-17-11(9-33)10-41-25(19(17)37)44-24-15(32-7-13(35)5-28)4-14(29)23(22(24)40)43-26-21(39)20(38)18(36)16(42-26)8-31-6-12(34)2-3-27/h9,12-26,30-40H,2-8,10,27-29H2,1H3/b11-9-/t12?,13?,14-,15+,16+,17-,18+,19+,20-,21+,22-,23?,24-,25+,26+/m0/s1. The highest BCUT2D eigenvalue weighted by atomic mass is 16.7. The SMILES string of the molecule is CN[C@H]1/C(=C\O)CO[C@H](O[C@H]2[C@H](NCC(O)CN)C[C@H](N)C(O[C@H]3O[C@H](CNCC(O)CCN)[C@@H](O)[C@H](O)[C@H]3O)[C@@H]2O)[C@@H]1O. The van der Waals surface area contributed by atoms with Crippen LogP contribution in [0.2, 0.25) is 0 Å². The Labute approximate surface area is 256 Å². The van der Waals surface area contributed by atoms with Gasteiger partial charge in [0.2, 0.25) is 0 Å². The predicted octanol–water partition coefficient (Wildman–Crippen LogP) is -7.02. The highest BCUT2D eigenvalue weighted by Crippen LogP contribution is 2.32. The molecule has 0 bridgehead atoms. The van der Waals surface area contributed by atoms with Crippen LogP contribution in [0, 0.1) is 0 Å². The fourth-order valence-electron chi connectivity index (χ4n) is 5.70. The summed E-state index contributed by atoms with van der Waals surface area (Å²) in [6, 6.07) is -2.26. The molecule has 258 valence electrons. The van der Waals surface area contributed by atoms with Gasteiger partial charge < -0.3 is 93.0 Å². The van der Waals surface area contributed by atoms with Crippen molar-refractivity contribution in [2.75, 3.05) is 46.4 Å². The van der Waals surface area contributed by atoms with Gasteiger partial charge in [-0.15, -0.1) is 0 Å². The van der Waals surface area contributed by atoms with E-state index in [2.05, 4.69) is 16.0 Å². The molecule has 3 fully saturated rings. The lowest BCUT2D eigenvalue weighted by atomic mass is 9.83. The molecule has 0 spiro atoms. The number of rotatable bonds is 15. The second kappa shape index (κ2) is 17.7. The van der Waals surface area contributed by atoms with E-state index in [4.69, 9.17) is 36.1 Å². The number of nitrogens with two attached hydrogens (primary N) is 3. The van der Waals surface area contributed by atoms with E-state index in [1.54, 1.807) is 7.05 Å². The molecule has 17 N–H and O–H groups in total. The topological polar surface area (TPSA) is 313 Å². The van der Waals surface area contributed by atoms with Crippen molar-refractivity contribution < 1.29 is 59.8 Å². The summed E-state index contributed by atoms with van der Waals surface area (Å²) >= 11 is 0. The Morgan fingerprint density at radius 3 is 2.27 bits per heavy atom. The molecular formula is C26H52N6O12. The molecule has 0 aromatic heterocycles. The Balaban J connectivity index is 1.76. The fraction of sp³-hybridized carbons (Fsp3) is 0.923. The normalized spacial score (nSPS) is 42.3. The van der Waals surface area contributed by atoms with Crippen molar-refractivity contribution in [3.63, 3.8) is 0 Å². The Morgan fingerprint density at radius 2 is 1.64 bits per heavy atom. The summed E-state index contributed by atoms with van der Waals surface area (Å²) in [4.78, 5) is 0. The Hall–Kier alpha value is -1.14. The number of nitrogens with one attached hydrogen (secondary N) is 3. The molecule has 15 atom stereocenters. The summed E-state index contributed by atoms with van der Waals surface area (Å²) in [6.07, 6.45) is -14.2. The molecule has 1 saturated carbocycles. The van der Waals surface area contributed by atoms with Gasteiger partial charge in [0.25, 0.3) is 0 Å². The average molecular weight is 641 g/mol. The van der Waals surface area contributed by atoms with Gasteiger partial charge in [-0.1, -0.05) is 0 Å². The fourth-order valence-corrected chi connectivity index (χ4v) is 5.70. The molecular weight excluding hydrogens is 588 g/mol. The monoisotopic (exact) mass is 640 g/mol. The molecule has 0 amide bonds. The molecule has 3 unspecified atom stereocenters. The number of likely N-dealkylation sites (N-methyl/N-ethyl adjacent to an activating group) is 1. The minimum atomic E-state index is -1.71. The summed E-state index contributed by atoms with van der Waals surface area (Å²) in [7, 11) is 1.59. The van der Waals surface area contributed by atoms with E-state index in [0.717, 1.165) is 6.26 Å². The van der Waals surface area contributed by atoms with E-state index in [1.807, 2.05) is 0 Å². The third-order valence-corrected chi connectivity index (χ3v) is 8.29. The first-order valence-corrected chi connectivity index (χ1v) is 14.9. The van der Waals surface area contributed by atoms with Gasteiger partial charge in [0.1, 0.15) is 48.8 Å². The van der Waals surface area contributed by atoms with Crippen LogP contribution in [0.3, 0.4) is 0 Å². The smallest absolute Gasteiger partial charge is 0.187 e. The minimum Gasteiger partial charge on any atom is -0.515 e. The Kier molecular flexibility index (Phi) is 15.0. The van der Waals surface area contributed by atoms with Crippen molar-refractivity contribution in [3.05, 3.63) is 11.8 Å². The first-order valence-electron chi connectivity index (χ1n) is 14.9. The molecule has 2 heterocycles. The van der Waals surface area contributed by atoms with Gasteiger partial charge >= 0.3 is 0 Å². The maximum Gasteiger partial charge on any atom is 0.187 e. The van der Waals surface area contributed by atoms with Gasteiger partial charge in [-0.05, 0) is 26.4 Å². The van der Waals surface area contributed by atoms with Crippen LogP contribution in [-0.2, 0) is 18.9 Å². The quantitative estimate of drug-likeness (QED) is 0.0739. The van der Waals surface area contributed by atoms with Crippen molar-refractivity contribution in [1.82, 2.24) is 16.0 Å². The summed E-state index contributed by atoms with van der Waals surface area (Å²) in [5.41, 5.74) is 17.8. The maximum absolute atomic E-state index is 11.5. The third-order valence-electron chi connectivity index (χ3n) is 8.29. The van der Waals surface area contributed by atoms with Crippen LogP contribution in [0.15, 0.2) is 11.8 Å². The molecule has 44 heavy (non-hydrogen) atoms. The van der Waals surface area contributed by atoms with Crippen molar-refractivity contribution in [1.29, 1.82) is 0 Å². The summed E-state index contributed by atoms with van der Waals surface area (Å²) in [6.45, 7) is 0.361. The number of hydrogen-bond acceptors (Lipinski definition) is 18. The zero-order chi connectivity index (χ0) is 32.6. The first kappa shape index (κ1) is 37.3. The lowest BCUT2D eigenvalue weighted by Gasteiger charge is -2.48. The van der Waals surface area contributed by atoms with Crippen LogP contribution in [0.4, 0.5) is 0 Å². The van der Waals surface area contributed by atoms with Crippen molar-refractivity contribution >= 4 is 0 Å². The number of aliphatic hydroxyl groups excluding tert-OH is 8. The zero-order valence-electron chi connectivity index (χ0n) is 24.8. The number of ether oxygens (including phenoxy) is 4. The molecule has 2 saturated heterocycles. The van der Waals surface area contributed by atoms with Crippen LogP contribution in [0.1, 0.15) is 12.8 Å². The van der Waals surface area contributed by atoms with Gasteiger partial charge in [0.05, 0.1) is 31.1 Å². The Bertz CT molecular complexity index is 881. The lowest BCUT2D eigenvalue weighted by Crippen LogP contribution is -2.68. The van der Waals surface area contributed by atoms with Gasteiger partial charge in [-0.3, -0.25) is 0 Å². The van der Waals surface area contributed by atoms with E-state index >= 15 is 0 Å². The van der Waals surface area contributed by atoms with E-state index < -0.39 is 91.7 Å². The predicted molar refractivity (Wildman–Crippen MR) is 154 cm³/mol. The lowest BCUT2D eigenvalue weighted by molar-refractivity contribution is -0.326. The van der Waals surface area contributed by atoms with Crippen molar-refractivity contribution in [2.24, 2.45) is 17.2 Å². The molecule has 0 aromatic rings. The first-order chi connectivity index (χ1) is 21.0. The van der Waals surface area contributed by atoms with Gasteiger partial charge in [0, 0.05) is 43.8 Å². The highest BCUT2D eigenvalue weighted by molar-refractivity contribution is 5.14. The average Bonchev–Trinajstić information content (AvgIpc) is 3.00. The molecule has 18 heteroatoms. The van der Waals surface area contributed by atoms with Crippen LogP contribution in [0.25, 0.3) is 0 Å². The van der Waals surface area contributed by atoms with Gasteiger partial charge in [-0.25, -0.2) is 0 Å². The van der Waals surface area contributed by atoms with Gasteiger partial charge in [-0.2, -0.15) is 0 Å². The number of hydrogen-bond donors (Lipinski definition) is 14. The molecule has 2 aliphatic heterocycles. The van der Waals surface area contributed by atoms with E-state index in [1.165, 1.54) is 0 Å². The molecule has 0 aromatic carbocycles. The van der Waals surface area contributed by atoms with Crippen molar-refractivity contribution in [2.45, 2.75) is 105 Å². The Morgan fingerprint density at radius 1 is 0.932 bits per heavy atom. The van der Waals surface area contributed by atoms with E-state index in [9.17, 15) is 40.9 Å². The second-order valence-electron chi connectivity index (χ2n) is 11.5. The molecule has 1 aliphatic carbocycles. The second-order valence-corrected chi connectivity index (χ2v) is 11.5. The van der Waals surface area contributed by atoms with Gasteiger partial charge in [0.15, 0.2) is 12.6 Å². The highest BCUT2D eigenvalue weighted by Gasteiger charge is 2.51. The van der Waals surface area contributed by atoms with Crippen LogP contribution in [0.5, 0.6) is 0 Å². The molecule has 0 radical (unpaired) electrons. The van der Waals surface area contributed by atoms with Crippen LogP contribution >= 0.6 is 0 Å². The van der Waals surface area contributed by atoms with Crippen molar-refractivity contribution in [3.8, 4) is 0 Å². The van der Waals surface area contributed by atoms with Crippen LogP contribution in [-0.4, -0.2) is 179 Å². The zero-order valence-corrected chi connectivity index (χ0v) is 24.8. The van der Waals surface area contributed by atoms with E-state index in [0.29, 0.717) is 12.0 Å². The summed E-state index contributed by atoms with van der Waals surface area (Å²) in [5.74, 6) is 0. The molecule has 3 rings (SSSR count). The van der Waals surface area contributed by atoms with E-state index in [-0.39, 0.29) is 45.8 Å². The summed E-state index contributed by atoms with van der Waals surface area (Å²) < 4.78 is 23.5. The van der Waals surface area contributed by atoms with Crippen LogP contribution < -0.4 is 33.2 Å². The molecule has 3 aliphatic rings. The minimum absolute atomic E-state index is 0.0132. The maximum atomic E-state index is 11.5. The summed E-state index contributed by atoms with van der Waals surface area (Å²) in [5, 5.41) is 92.4. The third kappa shape index (κ3) is 9.23.